The summed E-state index contributed by atoms with van der Waals surface area (Å²) in [5.41, 5.74) is 0. The van der Waals surface area contributed by atoms with Crippen LogP contribution in [0.4, 0.5) is 0 Å². The predicted octanol–water partition coefficient (Wildman–Crippen LogP) is 5.17. The summed E-state index contributed by atoms with van der Waals surface area (Å²) in [5.74, 6) is -2.22. The maximum absolute atomic E-state index is 12.5. The van der Waals surface area contributed by atoms with Crippen molar-refractivity contribution in [2.45, 2.75) is 84.2 Å². The van der Waals surface area contributed by atoms with E-state index < -0.39 is 29.9 Å². The van der Waals surface area contributed by atoms with Gasteiger partial charge in [0, 0.05) is 44.9 Å². The summed E-state index contributed by atoms with van der Waals surface area (Å²) in [5, 5.41) is 19.5. The Labute approximate surface area is 282 Å². The van der Waals surface area contributed by atoms with Gasteiger partial charge < -0.3 is 26.4 Å². The lowest BCUT2D eigenvalue weighted by atomic mass is 10.2. The zero-order valence-corrected chi connectivity index (χ0v) is 29.0. The van der Waals surface area contributed by atoms with Crippen LogP contribution in [0, 0.1) is 0 Å². The van der Waals surface area contributed by atoms with Gasteiger partial charge in [-0.15, -0.1) is 0 Å². The van der Waals surface area contributed by atoms with Gasteiger partial charge >= 0.3 is 5.97 Å². The number of allylic oxidation sites excluding steroid dienone is 12. The van der Waals surface area contributed by atoms with E-state index in [1.807, 2.05) is 12.2 Å². The van der Waals surface area contributed by atoms with Crippen molar-refractivity contribution in [1.82, 2.24) is 21.3 Å². The summed E-state index contributed by atoms with van der Waals surface area (Å²) in [4.78, 5) is 58.5. The van der Waals surface area contributed by atoms with Crippen molar-refractivity contribution in [1.29, 1.82) is 0 Å². The molecule has 12 heteroatoms. The molecular weight excluding hydrogens is 625 g/mol. The van der Waals surface area contributed by atoms with Gasteiger partial charge in [-0.05, 0) is 44.9 Å². The molecule has 0 bridgehead atoms. The number of nitrogens with one attached hydrogen (secondary N) is 4. The molecule has 2 atom stereocenters. The fraction of sp³-hybridized carbons (Fsp3) is 0.500. The molecule has 0 aromatic carbocycles. The van der Waals surface area contributed by atoms with E-state index in [2.05, 4.69) is 89.0 Å². The van der Waals surface area contributed by atoms with Crippen LogP contribution in [0.25, 0.3) is 0 Å². The Morgan fingerprint density at radius 2 is 1.02 bits per heavy atom. The third kappa shape index (κ3) is 28.0. The van der Waals surface area contributed by atoms with Crippen LogP contribution in [0.1, 0.15) is 72.1 Å². The van der Waals surface area contributed by atoms with E-state index in [0.717, 1.165) is 38.5 Å². The SMILES string of the molecule is CCC=CCC=CCC=CCC=CCC=CCC=CCCC(=O)NCCNC(=O)[C@H](CSSCC(NC(C)=O)C(=O)O)NC(C)=O. The van der Waals surface area contributed by atoms with Crippen molar-refractivity contribution >= 4 is 51.2 Å². The third-order valence-corrected chi connectivity index (χ3v) is 8.23. The molecule has 0 aromatic heterocycles. The molecule has 46 heavy (non-hydrogen) atoms. The molecule has 0 saturated heterocycles. The Morgan fingerprint density at radius 3 is 1.48 bits per heavy atom. The molecular formula is C34H52N4O6S2. The van der Waals surface area contributed by atoms with Gasteiger partial charge in [0.15, 0.2) is 0 Å². The molecule has 5 N–H and O–H groups in total. The van der Waals surface area contributed by atoms with E-state index in [1.165, 1.54) is 35.4 Å². The van der Waals surface area contributed by atoms with Crippen LogP contribution >= 0.6 is 21.6 Å². The van der Waals surface area contributed by atoms with Gasteiger partial charge in [0.1, 0.15) is 12.1 Å². The lowest BCUT2D eigenvalue weighted by Gasteiger charge is -2.18. The van der Waals surface area contributed by atoms with Crippen molar-refractivity contribution in [2.24, 2.45) is 0 Å². The van der Waals surface area contributed by atoms with Gasteiger partial charge in [0.05, 0.1) is 0 Å². The second-order valence-electron chi connectivity index (χ2n) is 10.0. The zero-order valence-electron chi connectivity index (χ0n) is 27.4. The predicted molar refractivity (Wildman–Crippen MR) is 191 cm³/mol. The Morgan fingerprint density at radius 1 is 0.609 bits per heavy atom. The van der Waals surface area contributed by atoms with E-state index in [1.54, 1.807) is 0 Å². The van der Waals surface area contributed by atoms with Gasteiger partial charge in [0.2, 0.25) is 23.6 Å². The molecule has 10 nitrogen and oxygen atoms in total. The van der Waals surface area contributed by atoms with E-state index in [0.29, 0.717) is 12.8 Å². The van der Waals surface area contributed by atoms with Gasteiger partial charge in [-0.2, -0.15) is 0 Å². The Balaban J connectivity index is 4.06. The lowest BCUT2D eigenvalue weighted by Crippen LogP contribution is -2.49. The monoisotopic (exact) mass is 676 g/mol. The van der Waals surface area contributed by atoms with Crippen LogP contribution in [0.15, 0.2) is 72.9 Å². The fourth-order valence-electron chi connectivity index (χ4n) is 3.53. The maximum Gasteiger partial charge on any atom is 0.327 e. The quantitative estimate of drug-likeness (QED) is 0.0478. The normalized spacial score (nSPS) is 13.3. The molecule has 256 valence electrons. The average molecular weight is 677 g/mol. The van der Waals surface area contributed by atoms with Crippen LogP contribution in [0.3, 0.4) is 0 Å². The lowest BCUT2D eigenvalue weighted by molar-refractivity contribution is -0.140. The summed E-state index contributed by atoms with van der Waals surface area (Å²) in [7, 11) is 2.39. The molecule has 0 aliphatic heterocycles. The van der Waals surface area contributed by atoms with Gasteiger partial charge in [-0.1, -0.05) is 101 Å². The number of carbonyl (C=O) groups excluding carboxylic acids is 4. The van der Waals surface area contributed by atoms with E-state index in [4.69, 9.17) is 5.11 Å². The Bertz CT molecular complexity index is 1090. The summed E-state index contributed by atoms with van der Waals surface area (Å²) in [6.07, 6.45) is 32.3. The average Bonchev–Trinajstić information content (AvgIpc) is 3.00. The van der Waals surface area contributed by atoms with E-state index >= 15 is 0 Å². The van der Waals surface area contributed by atoms with Gasteiger partial charge in [0.25, 0.3) is 0 Å². The minimum atomic E-state index is -1.15. The topological polar surface area (TPSA) is 154 Å². The first-order valence-corrected chi connectivity index (χ1v) is 18.1. The second-order valence-corrected chi connectivity index (χ2v) is 12.6. The summed E-state index contributed by atoms with van der Waals surface area (Å²) >= 11 is 0. The van der Waals surface area contributed by atoms with Gasteiger partial charge in [-0.3, -0.25) is 19.2 Å². The van der Waals surface area contributed by atoms with Crippen molar-refractivity contribution < 1.29 is 29.1 Å². The molecule has 0 spiro atoms. The third-order valence-electron chi connectivity index (χ3n) is 5.80. The van der Waals surface area contributed by atoms with Crippen molar-refractivity contribution in [3.8, 4) is 0 Å². The van der Waals surface area contributed by atoms with Crippen LogP contribution in [0.2, 0.25) is 0 Å². The maximum atomic E-state index is 12.5. The highest BCUT2D eigenvalue weighted by Gasteiger charge is 2.22. The standard InChI is InChI=1S/C34H52N4O6S2/c1-4-5-6-7-8-9-10-11-12-13-14-15-16-17-18-19-20-21-22-23-32(41)35-24-25-36-33(42)30(37-28(2)39)26-45-46-27-31(34(43)44)38-29(3)40/h5-6,8-9,11-12,14-15,17-18,20-21,30-31H,4,7,10,13,16,19,22-27H2,1-3H3,(H,35,41)(H,36,42)(H,37,39)(H,38,40)(H,43,44)/t30-,31?/m0/s1. The highest BCUT2D eigenvalue weighted by molar-refractivity contribution is 8.76. The van der Waals surface area contributed by atoms with Crippen LogP contribution < -0.4 is 21.3 Å². The molecule has 4 amide bonds. The highest BCUT2D eigenvalue weighted by atomic mass is 33.1. The molecule has 0 heterocycles. The zero-order chi connectivity index (χ0) is 34.3. The smallest absolute Gasteiger partial charge is 0.327 e. The summed E-state index contributed by atoms with van der Waals surface area (Å²) in [6.45, 7) is 5.12. The Hall–Kier alpha value is -3.51. The largest absolute Gasteiger partial charge is 0.480 e. The summed E-state index contributed by atoms with van der Waals surface area (Å²) < 4.78 is 0. The van der Waals surface area contributed by atoms with Crippen molar-refractivity contribution in [3.63, 3.8) is 0 Å². The first kappa shape index (κ1) is 42.5. The molecule has 0 aliphatic rings. The minimum Gasteiger partial charge on any atom is -0.480 e. The number of hydrogen-bond acceptors (Lipinski definition) is 7. The van der Waals surface area contributed by atoms with Crippen molar-refractivity contribution in [3.05, 3.63) is 72.9 Å². The molecule has 0 aromatic rings. The first-order valence-electron chi connectivity index (χ1n) is 15.6. The first-order chi connectivity index (χ1) is 22.2. The van der Waals surface area contributed by atoms with E-state index in [9.17, 15) is 24.0 Å². The number of carboxylic acids is 1. The number of carbonyl (C=O) groups is 5. The van der Waals surface area contributed by atoms with Crippen LogP contribution in [-0.2, 0) is 24.0 Å². The molecule has 1 unspecified atom stereocenters. The number of amides is 4. The molecule has 0 radical (unpaired) electrons. The molecule has 0 saturated carbocycles. The summed E-state index contributed by atoms with van der Waals surface area (Å²) in [6, 6.07) is -1.88. The number of hydrogen-bond donors (Lipinski definition) is 5. The van der Waals surface area contributed by atoms with Crippen LogP contribution in [0.5, 0.6) is 0 Å². The minimum absolute atomic E-state index is 0.0958. The van der Waals surface area contributed by atoms with E-state index in [-0.39, 0.29) is 36.4 Å². The van der Waals surface area contributed by atoms with Crippen LogP contribution in [-0.4, -0.2) is 71.4 Å². The second kappa shape index (κ2) is 30.2. The highest BCUT2D eigenvalue weighted by Crippen LogP contribution is 2.23. The number of rotatable bonds is 26. The van der Waals surface area contributed by atoms with Gasteiger partial charge in [-0.25, -0.2) is 4.79 Å². The number of aliphatic carboxylic acids is 1. The molecule has 0 aliphatic carbocycles. The molecule has 0 rings (SSSR count). The van der Waals surface area contributed by atoms with Crippen molar-refractivity contribution in [2.75, 3.05) is 24.6 Å². The Kier molecular flexibility index (Phi) is 27.9. The number of carboxylic acid groups (broad SMARTS) is 1. The molecule has 0 fully saturated rings. The fourth-order valence-corrected chi connectivity index (χ4v) is 5.85.